The van der Waals surface area contributed by atoms with Crippen molar-refractivity contribution in [3.63, 3.8) is 0 Å². The number of benzene rings is 1. The number of nitrogens with zero attached hydrogens (tertiary/aromatic N) is 3. The van der Waals surface area contributed by atoms with Crippen LogP contribution in [0, 0.1) is 13.8 Å². The molecule has 1 aromatic heterocycles. The molecule has 7 heteroatoms. The maximum absolute atomic E-state index is 12.9. The number of hydrogen-bond acceptors (Lipinski definition) is 5. The first-order valence-corrected chi connectivity index (χ1v) is 9.86. The molecular formula is C22H28N4O3. The zero-order valence-electron chi connectivity index (χ0n) is 17.4. The Hall–Kier alpha value is -2.93. The molecule has 1 aliphatic rings. The summed E-state index contributed by atoms with van der Waals surface area (Å²) in [6.07, 6.45) is 1.35. The molecule has 7 nitrogen and oxygen atoms in total. The number of aromatic carboxylic acids is 1. The predicted molar refractivity (Wildman–Crippen MR) is 114 cm³/mol. The number of aryl methyl sites for hydroxylation is 2. The zero-order chi connectivity index (χ0) is 21.1. The molecule has 2 N–H and O–H groups in total. The van der Waals surface area contributed by atoms with E-state index in [4.69, 9.17) is 0 Å². The lowest BCUT2D eigenvalue weighted by Crippen LogP contribution is -2.49. The Bertz CT molecular complexity index is 898. The first kappa shape index (κ1) is 20.8. The minimum atomic E-state index is -1.07. The van der Waals surface area contributed by atoms with E-state index in [1.165, 1.54) is 12.3 Å². The fourth-order valence-electron chi connectivity index (χ4n) is 3.67. The average molecular weight is 396 g/mol. The van der Waals surface area contributed by atoms with Crippen LogP contribution in [-0.2, 0) is 0 Å². The van der Waals surface area contributed by atoms with Crippen LogP contribution in [0.5, 0.6) is 0 Å². The number of aromatic nitrogens is 1. The highest BCUT2D eigenvalue weighted by Gasteiger charge is 2.23. The van der Waals surface area contributed by atoms with E-state index in [9.17, 15) is 14.7 Å². The molecule has 0 aliphatic carbocycles. The summed E-state index contributed by atoms with van der Waals surface area (Å²) >= 11 is 0. The van der Waals surface area contributed by atoms with Gasteiger partial charge >= 0.3 is 5.97 Å². The lowest BCUT2D eigenvalue weighted by Gasteiger charge is -2.38. The van der Waals surface area contributed by atoms with Crippen molar-refractivity contribution >= 4 is 23.4 Å². The van der Waals surface area contributed by atoms with Crippen LogP contribution in [0.2, 0.25) is 0 Å². The fourth-order valence-corrected chi connectivity index (χ4v) is 3.67. The van der Waals surface area contributed by atoms with Crippen molar-refractivity contribution in [3.8, 4) is 0 Å². The van der Waals surface area contributed by atoms with Gasteiger partial charge in [0.2, 0.25) is 0 Å². The van der Waals surface area contributed by atoms with Crippen LogP contribution in [0.25, 0.3) is 0 Å². The second kappa shape index (κ2) is 8.61. The zero-order valence-corrected chi connectivity index (χ0v) is 17.4. The smallest absolute Gasteiger partial charge is 0.337 e. The second-order valence-corrected chi connectivity index (χ2v) is 7.85. The molecule has 2 aromatic rings. The van der Waals surface area contributed by atoms with Crippen LogP contribution in [-0.4, -0.2) is 59.1 Å². The molecule has 154 valence electrons. The Labute approximate surface area is 171 Å². The van der Waals surface area contributed by atoms with Crippen molar-refractivity contribution in [2.75, 3.05) is 36.4 Å². The van der Waals surface area contributed by atoms with E-state index in [0.717, 1.165) is 37.3 Å². The van der Waals surface area contributed by atoms with Gasteiger partial charge in [0, 0.05) is 44.0 Å². The number of carboxylic acid groups (broad SMARTS) is 1. The predicted octanol–water partition coefficient (Wildman–Crippen LogP) is 3.18. The molecule has 1 aromatic carbocycles. The highest BCUT2D eigenvalue weighted by Crippen LogP contribution is 2.27. The number of pyridine rings is 1. The molecule has 0 saturated carbocycles. The number of carbonyl (C=O) groups is 2. The number of hydrogen-bond donors (Lipinski definition) is 2. The summed E-state index contributed by atoms with van der Waals surface area (Å²) in [6.45, 7) is 11.5. The van der Waals surface area contributed by atoms with Gasteiger partial charge in [-0.05, 0) is 45.9 Å². The standard InChI is InChI=1S/C22H28N4O3/c1-14(2)25-5-7-26(8-6-25)20-19(12-18(13-23-20)22(28)29)24-21(27)17-10-15(3)9-16(4)11-17/h9-14H,5-8H2,1-4H3,(H,24,27)(H,28,29). The van der Waals surface area contributed by atoms with Crippen LogP contribution >= 0.6 is 0 Å². The van der Waals surface area contributed by atoms with E-state index in [1.807, 2.05) is 32.0 Å². The van der Waals surface area contributed by atoms with Crippen LogP contribution in [0.3, 0.4) is 0 Å². The van der Waals surface area contributed by atoms with Crippen molar-refractivity contribution in [3.05, 3.63) is 52.7 Å². The van der Waals surface area contributed by atoms with Gasteiger partial charge in [0.25, 0.3) is 5.91 Å². The van der Waals surface area contributed by atoms with Crippen molar-refractivity contribution in [1.82, 2.24) is 9.88 Å². The lowest BCUT2D eigenvalue weighted by atomic mass is 10.1. The third-order valence-corrected chi connectivity index (χ3v) is 5.19. The number of carbonyl (C=O) groups excluding carboxylic acids is 1. The second-order valence-electron chi connectivity index (χ2n) is 7.85. The third kappa shape index (κ3) is 4.92. The summed E-state index contributed by atoms with van der Waals surface area (Å²) in [5.74, 6) is -0.741. The number of anilines is 2. The molecule has 0 atom stereocenters. The maximum atomic E-state index is 12.9. The van der Waals surface area contributed by atoms with Gasteiger partial charge in [-0.2, -0.15) is 0 Å². The van der Waals surface area contributed by atoms with Crippen LogP contribution in [0.4, 0.5) is 11.5 Å². The molecular weight excluding hydrogens is 368 g/mol. The van der Waals surface area contributed by atoms with Crippen molar-refractivity contribution in [1.29, 1.82) is 0 Å². The average Bonchev–Trinajstić information content (AvgIpc) is 2.67. The van der Waals surface area contributed by atoms with E-state index in [-0.39, 0.29) is 11.5 Å². The molecule has 1 saturated heterocycles. The Morgan fingerprint density at radius 1 is 1.00 bits per heavy atom. The topological polar surface area (TPSA) is 85.8 Å². The lowest BCUT2D eigenvalue weighted by molar-refractivity contribution is 0.0696. The van der Waals surface area contributed by atoms with Gasteiger partial charge in [-0.1, -0.05) is 17.2 Å². The van der Waals surface area contributed by atoms with E-state index in [2.05, 4.69) is 33.9 Å². The number of nitrogens with one attached hydrogen (secondary N) is 1. The van der Waals surface area contributed by atoms with Crippen LogP contribution in [0.15, 0.2) is 30.5 Å². The van der Waals surface area contributed by atoms with Gasteiger partial charge in [-0.25, -0.2) is 9.78 Å². The van der Waals surface area contributed by atoms with Crippen molar-refractivity contribution < 1.29 is 14.7 Å². The third-order valence-electron chi connectivity index (χ3n) is 5.19. The summed E-state index contributed by atoms with van der Waals surface area (Å²) in [5.41, 5.74) is 3.01. The highest BCUT2D eigenvalue weighted by atomic mass is 16.4. The Morgan fingerprint density at radius 2 is 1.62 bits per heavy atom. The van der Waals surface area contributed by atoms with E-state index < -0.39 is 5.97 Å². The van der Waals surface area contributed by atoms with Gasteiger partial charge in [0.05, 0.1) is 11.3 Å². The fraction of sp³-hybridized carbons (Fsp3) is 0.409. The molecule has 3 rings (SSSR count). The monoisotopic (exact) mass is 396 g/mol. The van der Waals surface area contributed by atoms with Crippen LogP contribution in [0.1, 0.15) is 45.7 Å². The molecule has 29 heavy (non-hydrogen) atoms. The van der Waals surface area contributed by atoms with Gasteiger partial charge < -0.3 is 15.3 Å². The largest absolute Gasteiger partial charge is 0.478 e. The quantitative estimate of drug-likeness (QED) is 0.807. The van der Waals surface area contributed by atoms with Gasteiger partial charge in [0.15, 0.2) is 5.82 Å². The van der Waals surface area contributed by atoms with Gasteiger partial charge in [-0.15, -0.1) is 0 Å². The molecule has 0 unspecified atom stereocenters. The molecule has 0 radical (unpaired) electrons. The highest BCUT2D eigenvalue weighted by molar-refractivity contribution is 6.06. The Balaban J connectivity index is 1.88. The van der Waals surface area contributed by atoms with E-state index >= 15 is 0 Å². The number of rotatable bonds is 5. The molecule has 2 heterocycles. The minimum Gasteiger partial charge on any atom is -0.478 e. The SMILES string of the molecule is Cc1cc(C)cc(C(=O)Nc2cc(C(=O)O)cnc2N2CCN(C(C)C)CC2)c1. The van der Waals surface area contributed by atoms with Gasteiger partial charge in [0.1, 0.15) is 0 Å². The Kier molecular flexibility index (Phi) is 6.17. The van der Waals surface area contributed by atoms with Crippen molar-refractivity contribution in [2.45, 2.75) is 33.7 Å². The summed E-state index contributed by atoms with van der Waals surface area (Å²) in [4.78, 5) is 33.2. The van der Waals surface area contributed by atoms with E-state index in [0.29, 0.717) is 23.1 Å². The molecule has 1 aliphatic heterocycles. The molecule has 1 fully saturated rings. The number of piperazine rings is 1. The molecule has 1 amide bonds. The summed E-state index contributed by atoms with van der Waals surface area (Å²) in [7, 11) is 0. The first-order valence-electron chi connectivity index (χ1n) is 9.86. The van der Waals surface area contributed by atoms with Crippen LogP contribution < -0.4 is 10.2 Å². The minimum absolute atomic E-state index is 0.0466. The van der Waals surface area contributed by atoms with Crippen molar-refractivity contribution in [2.24, 2.45) is 0 Å². The Morgan fingerprint density at radius 3 is 2.17 bits per heavy atom. The maximum Gasteiger partial charge on any atom is 0.337 e. The summed E-state index contributed by atoms with van der Waals surface area (Å²) in [6, 6.07) is 7.60. The number of amides is 1. The summed E-state index contributed by atoms with van der Waals surface area (Å²) < 4.78 is 0. The van der Waals surface area contributed by atoms with Gasteiger partial charge in [-0.3, -0.25) is 9.69 Å². The summed E-state index contributed by atoms with van der Waals surface area (Å²) in [5, 5.41) is 12.2. The molecule has 0 bridgehead atoms. The normalized spacial score (nSPS) is 14.9. The van der Waals surface area contributed by atoms with E-state index in [1.54, 1.807) is 0 Å². The number of carboxylic acids is 1. The molecule has 0 spiro atoms. The first-order chi connectivity index (χ1) is 13.7.